The molecule has 8 nitrogen and oxygen atoms in total. The number of quaternary nitrogens is 1. The van der Waals surface area contributed by atoms with E-state index < -0.39 is 18.1 Å². The van der Waals surface area contributed by atoms with Gasteiger partial charge in [0.05, 0.1) is 40.3 Å². The molecule has 0 saturated carbocycles. The Labute approximate surface area is 364 Å². The number of allylic oxidation sites excluding steroid dienone is 6. The predicted octanol–water partition coefficient (Wildman–Crippen LogP) is 12.5. The van der Waals surface area contributed by atoms with Crippen molar-refractivity contribution in [3.8, 4) is 0 Å². The lowest BCUT2D eigenvalue weighted by Gasteiger charge is -2.34. The van der Waals surface area contributed by atoms with Crippen LogP contribution < -0.4 is 5.11 Å². The van der Waals surface area contributed by atoms with E-state index in [-0.39, 0.29) is 42.7 Å². The standard InChI is InChI=1S/C51H93NO7/c1-6-8-10-12-14-16-18-20-21-22-23-24-25-26-27-28-29-30-32-34-36-38-40-42-50(54)59-47(45-57-44-43-48(51(55)56)52(3,4)5)46-58-49(53)41-39-37-35-33-31-19-17-15-13-11-9-7-2/h15,17,23-24,26-27,47-48H,6-14,16,18-22,25,28-46H2,1-5H3/b17-15+,24-23+,27-26+. The van der Waals surface area contributed by atoms with Gasteiger partial charge >= 0.3 is 11.9 Å². The molecule has 0 aliphatic heterocycles. The quantitative estimate of drug-likeness (QED) is 0.0261. The predicted molar refractivity (Wildman–Crippen MR) is 245 cm³/mol. The maximum atomic E-state index is 12.8. The normalized spacial score (nSPS) is 13.2. The van der Waals surface area contributed by atoms with Crippen LogP contribution in [0.4, 0.5) is 0 Å². The number of ether oxygens (including phenoxy) is 3. The molecule has 344 valence electrons. The van der Waals surface area contributed by atoms with E-state index in [0.717, 1.165) is 64.2 Å². The summed E-state index contributed by atoms with van der Waals surface area (Å²) in [5.74, 6) is -1.75. The molecule has 0 spiro atoms. The molecule has 0 rings (SSSR count). The van der Waals surface area contributed by atoms with E-state index in [1.54, 1.807) is 21.1 Å². The van der Waals surface area contributed by atoms with Crippen LogP contribution in [0.5, 0.6) is 0 Å². The Kier molecular flexibility index (Phi) is 40.5. The average Bonchev–Trinajstić information content (AvgIpc) is 3.19. The number of aliphatic carboxylic acids is 1. The van der Waals surface area contributed by atoms with E-state index in [0.29, 0.717) is 12.8 Å². The number of carboxylic acids is 1. The van der Waals surface area contributed by atoms with Gasteiger partial charge in [0, 0.05) is 19.3 Å². The first-order chi connectivity index (χ1) is 28.6. The maximum absolute atomic E-state index is 12.8. The van der Waals surface area contributed by atoms with E-state index >= 15 is 0 Å². The highest BCUT2D eigenvalue weighted by Crippen LogP contribution is 2.14. The number of esters is 2. The second kappa shape index (κ2) is 42.2. The SMILES string of the molecule is CCCCC/C=C/CCCCCCCC(=O)OCC(COCCC(C(=O)[O-])[N+](C)(C)C)OC(=O)CCCCCCCCC/C=C/C/C=C/CCCCCCCCCCC. The fourth-order valence-corrected chi connectivity index (χ4v) is 7.15. The first-order valence-electron chi connectivity index (χ1n) is 24.5. The fraction of sp³-hybridized carbons (Fsp3) is 0.824. The number of carboxylic acid groups (broad SMARTS) is 1. The molecule has 0 aromatic heterocycles. The van der Waals surface area contributed by atoms with Gasteiger partial charge in [0.1, 0.15) is 12.6 Å². The van der Waals surface area contributed by atoms with Crippen LogP contribution in [0.2, 0.25) is 0 Å². The number of hydrogen-bond donors (Lipinski definition) is 0. The number of hydrogen-bond acceptors (Lipinski definition) is 7. The van der Waals surface area contributed by atoms with E-state index in [1.807, 2.05) is 0 Å². The van der Waals surface area contributed by atoms with Gasteiger partial charge in [-0.05, 0) is 70.6 Å². The van der Waals surface area contributed by atoms with E-state index in [9.17, 15) is 19.5 Å². The van der Waals surface area contributed by atoms with E-state index in [4.69, 9.17) is 14.2 Å². The monoisotopic (exact) mass is 832 g/mol. The van der Waals surface area contributed by atoms with Gasteiger partial charge in [-0.1, -0.05) is 166 Å². The Hall–Kier alpha value is -2.45. The van der Waals surface area contributed by atoms with Crippen LogP contribution in [0.1, 0.15) is 219 Å². The smallest absolute Gasteiger partial charge is 0.306 e. The summed E-state index contributed by atoms with van der Waals surface area (Å²) < 4.78 is 17.2. The molecule has 0 aromatic rings. The van der Waals surface area contributed by atoms with Gasteiger partial charge in [-0.3, -0.25) is 9.59 Å². The van der Waals surface area contributed by atoms with Crippen molar-refractivity contribution in [2.75, 3.05) is 41.0 Å². The van der Waals surface area contributed by atoms with Gasteiger partial charge in [0.2, 0.25) is 0 Å². The van der Waals surface area contributed by atoms with Crippen molar-refractivity contribution >= 4 is 17.9 Å². The summed E-state index contributed by atoms with van der Waals surface area (Å²) in [4.78, 5) is 36.9. The molecule has 0 radical (unpaired) electrons. The third-order valence-electron chi connectivity index (χ3n) is 11.0. The molecule has 2 unspecified atom stereocenters. The van der Waals surface area contributed by atoms with Crippen LogP contribution in [0.15, 0.2) is 36.5 Å². The number of likely N-dealkylation sites (N-methyl/N-ethyl adjacent to an activating group) is 1. The lowest BCUT2D eigenvalue weighted by Crippen LogP contribution is -2.55. The molecule has 59 heavy (non-hydrogen) atoms. The first kappa shape index (κ1) is 56.5. The molecule has 0 aliphatic rings. The summed E-state index contributed by atoms with van der Waals surface area (Å²) in [6.45, 7) is 4.63. The third kappa shape index (κ3) is 40.7. The first-order valence-corrected chi connectivity index (χ1v) is 24.5. The molecule has 0 fully saturated rings. The Morgan fingerprint density at radius 3 is 1.36 bits per heavy atom. The summed E-state index contributed by atoms with van der Waals surface area (Å²) in [6, 6.07) is -0.728. The highest BCUT2D eigenvalue weighted by Gasteiger charge is 2.25. The molecule has 2 atom stereocenters. The Morgan fingerprint density at radius 1 is 0.508 bits per heavy atom. The number of rotatable bonds is 44. The van der Waals surface area contributed by atoms with Gasteiger partial charge in [-0.15, -0.1) is 0 Å². The molecule has 0 amide bonds. The van der Waals surface area contributed by atoms with Crippen LogP contribution in [-0.2, 0) is 28.6 Å². The second-order valence-electron chi connectivity index (χ2n) is 17.7. The largest absolute Gasteiger partial charge is 0.544 e. The highest BCUT2D eigenvalue weighted by molar-refractivity contribution is 5.70. The zero-order chi connectivity index (χ0) is 43.5. The van der Waals surface area contributed by atoms with Gasteiger partial charge in [0.25, 0.3) is 0 Å². The molecule has 8 heteroatoms. The molecule has 0 heterocycles. The van der Waals surface area contributed by atoms with Crippen LogP contribution in [-0.4, -0.2) is 75.5 Å². The van der Waals surface area contributed by atoms with Crippen molar-refractivity contribution < 1.29 is 38.2 Å². The van der Waals surface area contributed by atoms with Gasteiger partial charge in [-0.25, -0.2) is 0 Å². The lowest BCUT2D eigenvalue weighted by atomic mass is 10.1. The van der Waals surface area contributed by atoms with Crippen molar-refractivity contribution in [3.63, 3.8) is 0 Å². The van der Waals surface area contributed by atoms with Crippen LogP contribution in [0, 0.1) is 0 Å². The number of carbonyl (C=O) groups excluding carboxylic acids is 3. The minimum atomic E-state index is -1.13. The van der Waals surface area contributed by atoms with Crippen molar-refractivity contribution in [1.29, 1.82) is 0 Å². The molecule has 0 bridgehead atoms. The van der Waals surface area contributed by atoms with E-state index in [1.165, 1.54) is 122 Å². The Morgan fingerprint density at radius 2 is 0.898 bits per heavy atom. The maximum Gasteiger partial charge on any atom is 0.306 e. The topological polar surface area (TPSA) is 102 Å². The molecular weight excluding hydrogens is 739 g/mol. The van der Waals surface area contributed by atoms with Crippen molar-refractivity contribution in [2.24, 2.45) is 0 Å². The van der Waals surface area contributed by atoms with Crippen molar-refractivity contribution in [1.82, 2.24) is 0 Å². The summed E-state index contributed by atoms with van der Waals surface area (Å²) >= 11 is 0. The number of nitrogens with zero attached hydrogens (tertiary/aromatic N) is 1. The fourth-order valence-electron chi connectivity index (χ4n) is 7.15. The number of unbranched alkanes of at least 4 members (excludes halogenated alkanes) is 24. The molecule has 0 N–H and O–H groups in total. The molecule has 0 aliphatic carbocycles. The van der Waals surface area contributed by atoms with Gasteiger partial charge < -0.3 is 28.6 Å². The van der Waals surface area contributed by atoms with Crippen LogP contribution in [0.25, 0.3) is 0 Å². The summed E-state index contributed by atoms with van der Waals surface area (Å²) in [6.07, 6.45) is 48.9. The Bertz CT molecular complexity index is 1060. The highest BCUT2D eigenvalue weighted by atomic mass is 16.6. The summed E-state index contributed by atoms with van der Waals surface area (Å²) in [5.41, 5.74) is 0. The molecular formula is C51H93NO7. The van der Waals surface area contributed by atoms with Gasteiger partial charge in [-0.2, -0.15) is 0 Å². The average molecular weight is 832 g/mol. The minimum absolute atomic E-state index is 0.0360. The minimum Gasteiger partial charge on any atom is -0.544 e. The van der Waals surface area contributed by atoms with Gasteiger partial charge in [0.15, 0.2) is 6.10 Å². The molecule has 0 aromatic carbocycles. The molecule has 0 saturated heterocycles. The van der Waals surface area contributed by atoms with Crippen LogP contribution in [0.3, 0.4) is 0 Å². The second-order valence-corrected chi connectivity index (χ2v) is 17.7. The lowest BCUT2D eigenvalue weighted by molar-refractivity contribution is -0.889. The summed E-state index contributed by atoms with van der Waals surface area (Å²) in [7, 11) is 5.41. The Balaban J connectivity index is 4.24. The third-order valence-corrected chi connectivity index (χ3v) is 11.0. The van der Waals surface area contributed by atoms with Crippen LogP contribution >= 0.6 is 0 Å². The summed E-state index contributed by atoms with van der Waals surface area (Å²) in [5, 5.41) is 11.6. The van der Waals surface area contributed by atoms with E-state index in [2.05, 4.69) is 50.3 Å². The zero-order valence-corrected chi connectivity index (χ0v) is 39.2. The van der Waals surface area contributed by atoms with Crippen molar-refractivity contribution in [3.05, 3.63) is 36.5 Å². The zero-order valence-electron chi connectivity index (χ0n) is 39.2. The number of carbonyl (C=O) groups is 3. The van der Waals surface area contributed by atoms with Crippen molar-refractivity contribution in [2.45, 2.75) is 231 Å².